The summed E-state index contributed by atoms with van der Waals surface area (Å²) in [6, 6.07) is 0.440. The van der Waals surface area contributed by atoms with Crippen molar-refractivity contribution in [3.8, 4) is 38.4 Å². The number of pyridine rings is 1. The van der Waals surface area contributed by atoms with Crippen molar-refractivity contribution in [1.82, 2.24) is 76.3 Å². The van der Waals surface area contributed by atoms with E-state index in [9.17, 15) is 39.7 Å². The molecule has 0 unspecified atom stereocenters. The van der Waals surface area contributed by atoms with Crippen molar-refractivity contribution in [2.24, 2.45) is 0 Å². The highest BCUT2D eigenvalue weighted by atomic mass is 32.1. The number of nitrogens with one attached hydrogen (secondary N) is 6. The maximum Gasteiger partial charge on any atom is 0.358 e. The molecule has 7 aromatic heterocycles. The first-order valence-electron chi connectivity index (χ1n) is 31.3. The monoisotopic (exact) mass is 1480 g/mol. The molecule has 0 saturated carbocycles. The minimum absolute atomic E-state index is 0.00804. The number of benzene rings is 1. The lowest BCUT2D eigenvalue weighted by Crippen LogP contribution is -2.62. The molecule has 10 atom stereocenters. The topological polar surface area (TPSA) is 434 Å². The van der Waals surface area contributed by atoms with Gasteiger partial charge in [-0.05, 0) is 59.5 Å². The minimum Gasteiger partial charge on any atom is -0.506 e. The highest BCUT2D eigenvalue weighted by Gasteiger charge is 2.50. The molecule has 8 aromatic rings. The van der Waals surface area contributed by atoms with Gasteiger partial charge in [0.2, 0.25) is 11.8 Å². The molecule has 38 heteroatoms. The van der Waals surface area contributed by atoms with Crippen LogP contribution in [0.1, 0.15) is 120 Å². The standard InChI is InChI=1S/C63H65N15O18S5/c1-25(79)42-54(85)74-43(26(2)91-7)57-70-36(24-100-57)53(84)75-46-48-49(96-40-14-63(4,89)50(76(5)6)27(3)95-40)61(87)93-17-28-9-8-10-37-41(28)31(18-92-48)47(78(37)90)60(86)94-19-32(67-51(82)34-23-101-59(46)71-34)56-68-33(21-99-56)44-30(55-69-35(22-98-55)52(83)73-42)13-38(80)45(72-44)58-66-29(20-97-58)15-65-39(81)16-77-12-11-64-62(77)88/h8-10,13,20-25,27,32,40,42,46,48-50,79-80,89-90H,11-12,14-19H2,1-7H3,(H,64,88)(H,65,81)(H,67,82)(H,73,83)(H,74,85)(H,75,84)/b43-26+/t25-,27+,32+,40+,42+,46+,48+,49+,50-,63+/m1/s1. The van der Waals surface area contributed by atoms with E-state index in [0.29, 0.717) is 29.1 Å². The molecular weight excluding hydrogens is 1420 g/mol. The maximum atomic E-state index is 15.2. The predicted octanol–water partition coefficient (Wildman–Crippen LogP) is 3.80. The number of fused-ring (bicyclic) bond motifs is 15. The van der Waals surface area contributed by atoms with Crippen molar-refractivity contribution < 1.29 is 87.3 Å². The second-order valence-electron chi connectivity index (χ2n) is 24.6. The van der Waals surface area contributed by atoms with E-state index in [1.54, 1.807) is 55.7 Å². The Bertz CT molecular complexity index is 4650. The number of amides is 7. The number of cyclic esters (lactones) is 2. The molecule has 101 heavy (non-hydrogen) atoms. The molecule has 33 nitrogen and oxygen atoms in total. The van der Waals surface area contributed by atoms with Crippen molar-refractivity contribution in [2.45, 2.75) is 114 Å². The van der Waals surface area contributed by atoms with Crippen molar-refractivity contribution in [3.63, 3.8) is 0 Å². The first-order valence-corrected chi connectivity index (χ1v) is 35.7. The molecule has 0 radical (unpaired) electrons. The lowest BCUT2D eigenvalue weighted by molar-refractivity contribution is -0.280. The van der Waals surface area contributed by atoms with Crippen LogP contribution in [0.15, 0.2) is 56.9 Å². The number of nitrogens with zero attached hydrogens (tertiary/aromatic N) is 9. The van der Waals surface area contributed by atoms with Gasteiger partial charge in [-0.1, -0.05) is 12.1 Å². The first-order chi connectivity index (χ1) is 48.3. The van der Waals surface area contributed by atoms with Crippen molar-refractivity contribution >= 4 is 121 Å². The van der Waals surface area contributed by atoms with E-state index < -0.39 is 133 Å². The number of rotatable bonds is 10. The highest BCUT2D eigenvalue weighted by molar-refractivity contribution is 7.14. The number of aliphatic hydroxyl groups is 2. The van der Waals surface area contributed by atoms with Gasteiger partial charge >= 0.3 is 18.0 Å². The van der Waals surface area contributed by atoms with Crippen LogP contribution >= 0.6 is 56.7 Å². The number of hydrogen-bond donors (Lipinski definition) is 10. The van der Waals surface area contributed by atoms with Gasteiger partial charge in [0.05, 0.1) is 55.3 Å². The van der Waals surface area contributed by atoms with Crippen molar-refractivity contribution in [2.75, 3.05) is 47.4 Å². The minimum atomic E-state index is -1.91. The lowest BCUT2D eigenvalue weighted by atomic mass is 9.85. The largest absolute Gasteiger partial charge is 0.506 e. The molecule has 0 spiro atoms. The van der Waals surface area contributed by atoms with Gasteiger partial charge in [0.15, 0.2) is 18.1 Å². The number of likely N-dealkylation sites (N-methyl/N-ethyl adjacent to an activating group) is 1. The number of thiazole rings is 5. The molecule has 5 aliphatic rings. The number of aromatic nitrogens is 7. The lowest BCUT2D eigenvalue weighted by Gasteiger charge is -2.48. The highest BCUT2D eigenvalue weighted by Crippen LogP contribution is 2.43. The van der Waals surface area contributed by atoms with E-state index in [-0.39, 0.29) is 118 Å². The number of carbonyl (C=O) groups excluding carboxylic acids is 8. The number of aromatic hydroxyl groups is 1. The normalized spacial score (nSPS) is 24.5. The van der Waals surface area contributed by atoms with Crippen molar-refractivity contribution in [3.05, 3.63) is 112 Å². The second kappa shape index (κ2) is 28.5. The molecule has 12 heterocycles. The van der Waals surface area contributed by atoms with E-state index in [1.807, 2.05) is 0 Å². The third-order valence-electron chi connectivity index (χ3n) is 17.3. The van der Waals surface area contributed by atoms with Crippen LogP contribution in [0.2, 0.25) is 0 Å². The third kappa shape index (κ3) is 14.1. The van der Waals surface area contributed by atoms with Gasteiger partial charge in [0.25, 0.3) is 17.7 Å². The molecule has 7 amide bonds. The summed E-state index contributed by atoms with van der Waals surface area (Å²) in [5.74, 6) is -6.64. The quantitative estimate of drug-likeness (QED) is 0.0528. The summed E-state index contributed by atoms with van der Waals surface area (Å²) in [5.41, 5.74) is -1.82. The van der Waals surface area contributed by atoms with Gasteiger partial charge in [-0.2, -0.15) is 4.73 Å². The van der Waals surface area contributed by atoms with Crippen LogP contribution in [0.4, 0.5) is 4.79 Å². The maximum absolute atomic E-state index is 15.2. The van der Waals surface area contributed by atoms with Gasteiger partial charge < -0.3 is 90.6 Å². The number of methoxy groups -OCH3 is 1. The summed E-state index contributed by atoms with van der Waals surface area (Å²) >= 11 is 4.77. The van der Waals surface area contributed by atoms with E-state index in [1.165, 1.54) is 54.1 Å². The first kappa shape index (κ1) is 70.0. The molecule has 2 saturated heterocycles. The summed E-state index contributed by atoms with van der Waals surface area (Å²) in [7, 11) is 4.86. The summed E-state index contributed by atoms with van der Waals surface area (Å²) < 4.78 is 38.3. The number of allylic oxidation sites excluding steroid dienone is 1. The average molecular weight is 1480 g/mol. The number of ether oxygens (including phenoxy) is 6. The SMILES string of the molecule is CO/C(C)=C1/NC(=O)[C@H]([C@@H](C)O)NC(=O)c2csc(n2)-c2cc(O)c(-c3nc(CNC(=O)CN4CCNC4=O)cs3)nc2-c2csc(n2)[C@@H]2COC(=O)c3c4c5c(cccc5n3O)COC(=O)[C@@H](O[C@H]3C[C@](C)(O)[C@H](N(C)C)[C@H](C)O3)[C@@H](OC4)[C@H](NC(=O)c3csc1n3)c1nc(cs1)C(=O)N2. The molecule has 0 aliphatic carbocycles. The van der Waals surface area contributed by atoms with Crippen LogP contribution in [-0.4, -0.2) is 208 Å². The van der Waals surface area contributed by atoms with Crippen LogP contribution in [0, 0.1) is 0 Å². The van der Waals surface area contributed by atoms with Gasteiger partial charge in [-0.25, -0.2) is 44.3 Å². The molecule has 2 fully saturated rings. The van der Waals surface area contributed by atoms with Gasteiger partial charge in [-0.3, -0.25) is 24.0 Å². The number of carbonyl (C=O) groups is 8. The van der Waals surface area contributed by atoms with E-state index in [4.69, 9.17) is 43.4 Å². The van der Waals surface area contributed by atoms with Crippen LogP contribution in [-0.2, 0) is 62.6 Å². The molecule has 1 aromatic carbocycles. The summed E-state index contributed by atoms with van der Waals surface area (Å²) in [6.45, 7) is 4.84. The van der Waals surface area contributed by atoms with E-state index in [2.05, 4.69) is 46.9 Å². The molecule has 10 N–H and O–H groups in total. The molecule has 13 rings (SSSR count). The number of urea groups is 1. The molecule has 12 bridgehead atoms. The van der Waals surface area contributed by atoms with Crippen molar-refractivity contribution in [1.29, 1.82) is 0 Å². The van der Waals surface area contributed by atoms with Crippen LogP contribution < -0.4 is 31.9 Å². The van der Waals surface area contributed by atoms with E-state index >= 15 is 19.2 Å². The Kier molecular flexibility index (Phi) is 19.8. The van der Waals surface area contributed by atoms with Gasteiger partial charge in [-0.15, -0.1) is 56.7 Å². The van der Waals surface area contributed by atoms with Crippen LogP contribution in [0.5, 0.6) is 5.75 Å². The smallest absolute Gasteiger partial charge is 0.358 e. The molecular formula is C63H65N15O18S5. The number of esters is 2. The van der Waals surface area contributed by atoms with E-state index in [0.717, 1.165) is 56.7 Å². The molecule has 530 valence electrons. The van der Waals surface area contributed by atoms with Gasteiger partial charge in [0.1, 0.15) is 120 Å². The Hall–Kier alpha value is -9.48. The zero-order chi connectivity index (χ0) is 71.5. The fourth-order valence-corrected chi connectivity index (χ4v) is 16.8. The second-order valence-corrected chi connectivity index (χ2v) is 28.9. The summed E-state index contributed by atoms with van der Waals surface area (Å²) in [5, 5.41) is 71.5. The Morgan fingerprint density at radius 1 is 0.851 bits per heavy atom. The Labute approximate surface area is 592 Å². The zero-order valence-electron chi connectivity index (χ0n) is 54.6. The average Bonchev–Trinajstić information content (AvgIpc) is 1.64. The third-order valence-corrected chi connectivity index (χ3v) is 21.8. The predicted molar refractivity (Wildman–Crippen MR) is 361 cm³/mol. The fourth-order valence-electron chi connectivity index (χ4n) is 12.6. The van der Waals surface area contributed by atoms with Gasteiger partial charge in [0, 0.05) is 62.9 Å². The number of hydrogen-bond acceptors (Lipinski definition) is 30. The Morgan fingerprint density at radius 2 is 1.54 bits per heavy atom. The van der Waals surface area contributed by atoms with Crippen LogP contribution in [0.25, 0.3) is 49.3 Å². The Balaban J connectivity index is 0.959. The molecule has 5 aliphatic heterocycles. The number of aliphatic hydroxyl groups excluding tert-OH is 1. The van der Waals surface area contributed by atoms with Crippen LogP contribution in [0.3, 0.4) is 0 Å². The zero-order valence-corrected chi connectivity index (χ0v) is 58.7. The summed E-state index contributed by atoms with van der Waals surface area (Å²) in [6.07, 6.45) is -7.51. The summed E-state index contributed by atoms with van der Waals surface area (Å²) in [4.78, 5) is 146. The Morgan fingerprint density at radius 3 is 2.28 bits per heavy atom. The fraction of sp³-hybridized carbons (Fsp3) is 0.397.